The molecular formula is C24H24O3. The predicted molar refractivity (Wildman–Crippen MR) is 108 cm³/mol. The molecule has 0 aromatic heterocycles. The SMILES string of the molecule is COc1cc2c(O)cc3c(c2cc1OC)-c1ccccc1C1CCCCC31. The van der Waals surface area contributed by atoms with Gasteiger partial charge in [-0.25, -0.2) is 0 Å². The standard InChI is InChI=1S/C24H24O3/c1-26-22-12-18-20(13-23(22)27-2)24-17-10-6-5-8-15(17)14-7-3-4-9-16(14)19(24)11-21(18)25/h5-6,8,10-14,16,25H,3-4,7,9H2,1-2H3. The summed E-state index contributed by atoms with van der Waals surface area (Å²) in [7, 11) is 3.28. The van der Waals surface area contributed by atoms with E-state index in [2.05, 4.69) is 24.3 Å². The predicted octanol–water partition coefficient (Wildman–Crippen LogP) is 5.98. The van der Waals surface area contributed by atoms with E-state index in [1.807, 2.05) is 18.2 Å². The zero-order valence-corrected chi connectivity index (χ0v) is 15.8. The fourth-order valence-corrected chi connectivity index (χ4v) is 5.27. The first-order valence-electron chi connectivity index (χ1n) is 9.73. The van der Waals surface area contributed by atoms with Crippen LogP contribution in [-0.4, -0.2) is 19.3 Å². The van der Waals surface area contributed by atoms with Crippen molar-refractivity contribution in [2.45, 2.75) is 37.5 Å². The van der Waals surface area contributed by atoms with Crippen LogP contribution >= 0.6 is 0 Å². The second kappa shape index (κ2) is 6.19. The Bertz CT molecular complexity index is 1040. The molecule has 0 heterocycles. The average molecular weight is 360 g/mol. The number of benzene rings is 3. The Balaban J connectivity index is 1.89. The van der Waals surface area contributed by atoms with E-state index in [4.69, 9.17) is 9.47 Å². The molecule has 138 valence electrons. The van der Waals surface area contributed by atoms with Crippen molar-refractivity contribution >= 4 is 10.8 Å². The van der Waals surface area contributed by atoms with Gasteiger partial charge in [0, 0.05) is 5.39 Å². The highest BCUT2D eigenvalue weighted by atomic mass is 16.5. The van der Waals surface area contributed by atoms with E-state index in [9.17, 15) is 5.11 Å². The number of ether oxygens (including phenoxy) is 2. The van der Waals surface area contributed by atoms with Gasteiger partial charge in [0.05, 0.1) is 14.2 Å². The van der Waals surface area contributed by atoms with Crippen LogP contribution in [0.3, 0.4) is 0 Å². The summed E-state index contributed by atoms with van der Waals surface area (Å²) in [5.41, 5.74) is 5.29. The Morgan fingerprint density at radius 3 is 2.15 bits per heavy atom. The molecule has 0 saturated heterocycles. The van der Waals surface area contributed by atoms with E-state index in [-0.39, 0.29) is 0 Å². The summed E-state index contributed by atoms with van der Waals surface area (Å²) in [6.07, 6.45) is 4.96. The summed E-state index contributed by atoms with van der Waals surface area (Å²) in [6, 6.07) is 14.7. The van der Waals surface area contributed by atoms with Gasteiger partial charge in [-0.3, -0.25) is 0 Å². The fraction of sp³-hybridized carbons (Fsp3) is 0.333. The maximum Gasteiger partial charge on any atom is 0.161 e. The maximum atomic E-state index is 10.9. The van der Waals surface area contributed by atoms with E-state index < -0.39 is 0 Å². The summed E-state index contributed by atoms with van der Waals surface area (Å²) >= 11 is 0. The number of hydrogen-bond donors (Lipinski definition) is 1. The Morgan fingerprint density at radius 2 is 1.44 bits per heavy atom. The first kappa shape index (κ1) is 16.5. The number of phenols is 1. The van der Waals surface area contributed by atoms with E-state index in [1.54, 1.807) is 14.2 Å². The Labute approximate surface area is 159 Å². The van der Waals surface area contributed by atoms with Crippen LogP contribution in [0.25, 0.3) is 21.9 Å². The van der Waals surface area contributed by atoms with Crippen LogP contribution in [0, 0.1) is 0 Å². The van der Waals surface area contributed by atoms with Crippen LogP contribution in [0.5, 0.6) is 17.2 Å². The number of fused-ring (bicyclic) bond motifs is 8. The van der Waals surface area contributed by atoms with Crippen molar-refractivity contribution in [2.75, 3.05) is 14.2 Å². The number of phenolic OH excluding ortho intramolecular Hbond substituents is 1. The first-order chi connectivity index (χ1) is 13.2. The van der Waals surface area contributed by atoms with Crippen molar-refractivity contribution in [2.24, 2.45) is 0 Å². The summed E-state index contributed by atoms with van der Waals surface area (Å²) in [4.78, 5) is 0. The smallest absolute Gasteiger partial charge is 0.161 e. The van der Waals surface area contributed by atoms with Crippen LogP contribution in [0.4, 0.5) is 0 Å². The summed E-state index contributed by atoms with van der Waals surface area (Å²) < 4.78 is 11.0. The molecule has 5 rings (SSSR count). The third-order valence-corrected chi connectivity index (χ3v) is 6.44. The Kier molecular flexibility index (Phi) is 3.78. The maximum absolute atomic E-state index is 10.9. The molecule has 0 aliphatic heterocycles. The quantitative estimate of drug-likeness (QED) is 0.610. The van der Waals surface area contributed by atoms with Crippen LogP contribution in [0.15, 0.2) is 42.5 Å². The minimum Gasteiger partial charge on any atom is -0.507 e. The molecule has 3 aromatic carbocycles. The van der Waals surface area contributed by atoms with Gasteiger partial charge in [0.2, 0.25) is 0 Å². The van der Waals surface area contributed by atoms with Gasteiger partial charge >= 0.3 is 0 Å². The molecule has 3 heteroatoms. The van der Waals surface area contributed by atoms with Gasteiger partial charge in [0.15, 0.2) is 11.5 Å². The lowest BCUT2D eigenvalue weighted by atomic mass is 9.65. The second-order valence-corrected chi connectivity index (χ2v) is 7.70. The van der Waals surface area contributed by atoms with Gasteiger partial charge in [-0.05, 0) is 70.5 Å². The number of aromatic hydroxyl groups is 1. The largest absolute Gasteiger partial charge is 0.507 e. The molecule has 1 saturated carbocycles. The average Bonchev–Trinajstić information content (AvgIpc) is 2.73. The third kappa shape index (κ3) is 2.34. The van der Waals surface area contributed by atoms with E-state index >= 15 is 0 Å². The topological polar surface area (TPSA) is 38.7 Å². The molecule has 3 aromatic rings. The minimum atomic E-state index is 0.327. The summed E-state index contributed by atoms with van der Waals surface area (Å²) in [6.45, 7) is 0. The molecule has 0 spiro atoms. The van der Waals surface area contributed by atoms with Crippen LogP contribution in [0.2, 0.25) is 0 Å². The lowest BCUT2D eigenvalue weighted by molar-refractivity contribution is 0.355. The van der Waals surface area contributed by atoms with Crippen molar-refractivity contribution in [3.05, 3.63) is 53.6 Å². The van der Waals surface area contributed by atoms with E-state index in [0.29, 0.717) is 29.1 Å². The van der Waals surface area contributed by atoms with Crippen LogP contribution in [-0.2, 0) is 0 Å². The Morgan fingerprint density at radius 1 is 0.815 bits per heavy atom. The van der Waals surface area contributed by atoms with Gasteiger partial charge in [-0.2, -0.15) is 0 Å². The second-order valence-electron chi connectivity index (χ2n) is 7.70. The molecule has 3 nitrogen and oxygen atoms in total. The van der Waals surface area contributed by atoms with Gasteiger partial charge in [-0.15, -0.1) is 0 Å². The highest BCUT2D eigenvalue weighted by Crippen LogP contribution is 2.56. The molecule has 0 bridgehead atoms. The lowest BCUT2D eigenvalue weighted by Crippen LogP contribution is -2.21. The molecule has 2 aliphatic rings. The normalized spacial score (nSPS) is 20.5. The van der Waals surface area contributed by atoms with Crippen molar-refractivity contribution in [1.29, 1.82) is 0 Å². The third-order valence-electron chi connectivity index (χ3n) is 6.44. The minimum absolute atomic E-state index is 0.327. The first-order valence-corrected chi connectivity index (χ1v) is 9.73. The summed E-state index contributed by atoms with van der Waals surface area (Å²) in [5, 5.41) is 12.7. The van der Waals surface area contributed by atoms with Gasteiger partial charge in [0.25, 0.3) is 0 Å². The van der Waals surface area contributed by atoms with Crippen molar-refractivity contribution in [1.82, 2.24) is 0 Å². The molecule has 0 amide bonds. The van der Waals surface area contributed by atoms with Crippen molar-refractivity contribution < 1.29 is 14.6 Å². The van der Waals surface area contributed by atoms with Crippen molar-refractivity contribution in [3.8, 4) is 28.4 Å². The zero-order chi connectivity index (χ0) is 18.5. The molecule has 2 atom stereocenters. The van der Waals surface area contributed by atoms with Gasteiger partial charge < -0.3 is 14.6 Å². The van der Waals surface area contributed by atoms with Gasteiger partial charge in [-0.1, -0.05) is 37.1 Å². The molecule has 27 heavy (non-hydrogen) atoms. The zero-order valence-electron chi connectivity index (χ0n) is 15.8. The molecular weight excluding hydrogens is 336 g/mol. The molecule has 1 fully saturated rings. The molecule has 0 radical (unpaired) electrons. The van der Waals surface area contributed by atoms with E-state index in [1.165, 1.54) is 47.9 Å². The highest BCUT2D eigenvalue weighted by Gasteiger charge is 2.36. The lowest BCUT2D eigenvalue weighted by Gasteiger charge is -2.39. The fourth-order valence-electron chi connectivity index (χ4n) is 5.27. The number of methoxy groups -OCH3 is 2. The van der Waals surface area contributed by atoms with Crippen molar-refractivity contribution in [3.63, 3.8) is 0 Å². The van der Waals surface area contributed by atoms with Crippen LogP contribution < -0.4 is 9.47 Å². The van der Waals surface area contributed by atoms with Gasteiger partial charge in [0.1, 0.15) is 5.75 Å². The Hall–Kier alpha value is -2.68. The molecule has 2 unspecified atom stereocenters. The summed E-state index contributed by atoms with van der Waals surface area (Å²) in [5.74, 6) is 2.70. The van der Waals surface area contributed by atoms with Crippen LogP contribution in [0.1, 0.15) is 48.6 Å². The number of hydrogen-bond acceptors (Lipinski definition) is 3. The van der Waals surface area contributed by atoms with E-state index in [0.717, 1.165) is 10.8 Å². The molecule has 1 N–H and O–H groups in total. The number of rotatable bonds is 2. The highest BCUT2D eigenvalue weighted by molar-refractivity contribution is 6.04. The monoisotopic (exact) mass is 360 g/mol. The molecule has 2 aliphatic carbocycles.